The zero-order valence-corrected chi connectivity index (χ0v) is 17.8. The van der Waals surface area contributed by atoms with Crippen molar-refractivity contribution in [3.05, 3.63) is 52.5 Å². The normalized spacial score (nSPS) is 15.2. The van der Waals surface area contributed by atoms with Crippen molar-refractivity contribution in [2.75, 3.05) is 38.2 Å². The van der Waals surface area contributed by atoms with E-state index in [2.05, 4.69) is 21.2 Å². The fourth-order valence-corrected chi connectivity index (χ4v) is 4.82. The van der Waals surface area contributed by atoms with E-state index in [-0.39, 0.29) is 17.4 Å². The molecule has 7 nitrogen and oxygen atoms in total. The number of sulfonamides is 1. The van der Waals surface area contributed by atoms with E-state index in [0.717, 1.165) is 4.47 Å². The Kier molecular flexibility index (Phi) is 6.71. The van der Waals surface area contributed by atoms with Crippen LogP contribution in [0, 0.1) is 6.92 Å². The maximum atomic E-state index is 12.9. The summed E-state index contributed by atoms with van der Waals surface area (Å²) >= 11 is 3.34. The van der Waals surface area contributed by atoms with Crippen LogP contribution in [-0.2, 0) is 19.6 Å². The fraction of sp³-hybridized carbons (Fsp3) is 0.316. The van der Waals surface area contributed by atoms with Gasteiger partial charge in [0.1, 0.15) is 5.75 Å². The number of hydrogen-bond acceptors (Lipinski definition) is 5. The van der Waals surface area contributed by atoms with Gasteiger partial charge < -0.3 is 14.8 Å². The second kappa shape index (κ2) is 9.04. The molecule has 0 bridgehead atoms. The number of hydrogen-bond donors (Lipinski definition) is 1. The standard InChI is InChI=1S/C19H21BrN2O5S/c1-14-5-6-16(12-18(14)28(24,25)22-7-9-26-10-8-22)21-19(23)13-27-17-4-2-3-15(20)11-17/h2-6,11-12H,7-10,13H2,1H3,(H,21,23). The molecule has 1 amide bonds. The summed E-state index contributed by atoms with van der Waals surface area (Å²) in [7, 11) is -3.65. The van der Waals surface area contributed by atoms with Crippen molar-refractivity contribution in [3.8, 4) is 5.75 Å². The molecule has 1 aliphatic heterocycles. The molecule has 0 atom stereocenters. The Morgan fingerprint density at radius 1 is 1.21 bits per heavy atom. The number of aryl methyl sites for hydroxylation is 1. The monoisotopic (exact) mass is 468 g/mol. The first-order chi connectivity index (χ1) is 13.4. The van der Waals surface area contributed by atoms with E-state index >= 15 is 0 Å². The van der Waals surface area contributed by atoms with Crippen LogP contribution in [-0.4, -0.2) is 51.5 Å². The van der Waals surface area contributed by atoms with Crippen LogP contribution in [0.5, 0.6) is 5.75 Å². The highest BCUT2D eigenvalue weighted by atomic mass is 79.9. The SMILES string of the molecule is Cc1ccc(NC(=O)COc2cccc(Br)c2)cc1S(=O)(=O)N1CCOCC1. The van der Waals surface area contributed by atoms with E-state index in [1.54, 1.807) is 37.3 Å². The van der Waals surface area contributed by atoms with Gasteiger partial charge >= 0.3 is 0 Å². The summed E-state index contributed by atoms with van der Waals surface area (Å²) in [5.41, 5.74) is 1.02. The van der Waals surface area contributed by atoms with Crippen LogP contribution in [0.3, 0.4) is 0 Å². The number of carbonyl (C=O) groups is 1. The lowest BCUT2D eigenvalue weighted by atomic mass is 10.2. The molecule has 1 heterocycles. The van der Waals surface area contributed by atoms with E-state index in [4.69, 9.17) is 9.47 Å². The van der Waals surface area contributed by atoms with Gasteiger partial charge in [-0.05, 0) is 42.8 Å². The highest BCUT2D eigenvalue weighted by molar-refractivity contribution is 9.10. The Morgan fingerprint density at radius 2 is 1.96 bits per heavy atom. The van der Waals surface area contributed by atoms with Crippen LogP contribution in [0.25, 0.3) is 0 Å². The minimum absolute atomic E-state index is 0.181. The lowest BCUT2D eigenvalue weighted by molar-refractivity contribution is -0.118. The molecule has 0 unspecified atom stereocenters. The number of carbonyl (C=O) groups excluding carboxylic acids is 1. The van der Waals surface area contributed by atoms with Gasteiger partial charge in [-0.25, -0.2) is 8.42 Å². The summed E-state index contributed by atoms with van der Waals surface area (Å²) in [6.07, 6.45) is 0. The zero-order valence-electron chi connectivity index (χ0n) is 15.4. The predicted octanol–water partition coefficient (Wildman–Crippen LogP) is 2.80. The first-order valence-corrected chi connectivity index (χ1v) is 11.0. The Balaban J connectivity index is 1.69. The number of anilines is 1. The van der Waals surface area contributed by atoms with Crippen LogP contribution in [0.1, 0.15) is 5.56 Å². The van der Waals surface area contributed by atoms with Crippen molar-refractivity contribution in [2.24, 2.45) is 0 Å². The largest absolute Gasteiger partial charge is 0.484 e. The van der Waals surface area contributed by atoms with E-state index in [0.29, 0.717) is 43.3 Å². The third-order valence-electron chi connectivity index (χ3n) is 4.23. The van der Waals surface area contributed by atoms with Crippen LogP contribution >= 0.6 is 15.9 Å². The van der Waals surface area contributed by atoms with Crippen molar-refractivity contribution >= 4 is 37.5 Å². The molecule has 2 aromatic carbocycles. The summed E-state index contributed by atoms with van der Waals surface area (Å²) in [6.45, 7) is 2.94. The third kappa shape index (κ3) is 5.11. The van der Waals surface area contributed by atoms with Gasteiger partial charge in [0, 0.05) is 23.2 Å². The zero-order chi connectivity index (χ0) is 20.1. The summed E-state index contributed by atoms with van der Waals surface area (Å²) in [5.74, 6) is 0.183. The Bertz CT molecular complexity index is 959. The molecule has 1 N–H and O–H groups in total. The van der Waals surface area contributed by atoms with Crippen molar-refractivity contribution in [3.63, 3.8) is 0 Å². The summed E-state index contributed by atoms with van der Waals surface area (Å²) < 4.78 is 38.8. The molecule has 150 valence electrons. The van der Waals surface area contributed by atoms with Crippen LogP contribution in [0.2, 0.25) is 0 Å². The molecule has 1 saturated heterocycles. The van der Waals surface area contributed by atoms with Gasteiger partial charge in [0.05, 0.1) is 18.1 Å². The maximum Gasteiger partial charge on any atom is 0.262 e. The Labute approximate surface area is 172 Å². The highest BCUT2D eigenvalue weighted by Crippen LogP contribution is 2.24. The van der Waals surface area contributed by atoms with Crippen LogP contribution in [0.15, 0.2) is 51.8 Å². The van der Waals surface area contributed by atoms with Crippen molar-refractivity contribution < 1.29 is 22.7 Å². The Morgan fingerprint density at radius 3 is 2.68 bits per heavy atom. The number of morpholine rings is 1. The number of benzene rings is 2. The lowest BCUT2D eigenvalue weighted by Crippen LogP contribution is -2.40. The average molecular weight is 469 g/mol. The van der Waals surface area contributed by atoms with Gasteiger partial charge in [0.2, 0.25) is 10.0 Å². The predicted molar refractivity (Wildman–Crippen MR) is 109 cm³/mol. The van der Waals surface area contributed by atoms with Crippen molar-refractivity contribution in [2.45, 2.75) is 11.8 Å². The molecule has 0 saturated carbocycles. The molecule has 0 radical (unpaired) electrons. The number of nitrogens with one attached hydrogen (secondary N) is 1. The molecular weight excluding hydrogens is 448 g/mol. The van der Waals surface area contributed by atoms with Crippen molar-refractivity contribution in [1.29, 1.82) is 0 Å². The van der Waals surface area contributed by atoms with Crippen molar-refractivity contribution in [1.82, 2.24) is 4.31 Å². The molecule has 3 rings (SSSR count). The first kappa shape index (κ1) is 20.8. The van der Waals surface area contributed by atoms with Gasteiger partial charge in [-0.2, -0.15) is 4.31 Å². The Hall–Kier alpha value is -1.94. The van der Waals surface area contributed by atoms with Gasteiger partial charge in [0.25, 0.3) is 5.91 Å². The molecule has 9 heteroatoms. The highest BCUT2D eigenvalue weighted by Gasteiger charge is 2.28. The molecule has 1 fully saturated rings. The summed E-state index contributed by atoms with van der Waals surface area (Å²) in [6, 6.07) is 12.0. The van der Waals surface area contributed by atoms with E-state index in [1.165, 1.54) is 10.4 Å². The van der Waals surface area contributed by atoms with E-state index in [9.17, 15) is 13.2 Å². The average Bonchev–Trinajstić information content (AvgIpc) is 2.68. The lowest BCUT2D eigenvalue weighted by Gasteiger charge is -2.26. The maximum absolute atomic E-state index is 12.9. The number of amides is 1. The van der Waals surface area contributed by atoms with Gasteiger partial charge in [-0.3, -0.25) is 4.79 Å². The third-order valence-corrected chi connectivity index (χ3v) is 6.76. The minimum Gasteiger partial charge on any atom is -0.484 e. The van der Waals surface area contributed by atoms with Crippen LogP contribution < -0.4 is 10.1 Å². The second-order valence-electron chi connectivity index (χ2n) is 6.29. The fourth-order valence-electron chi connectivity index (χ4n) is 2.78. The molecule has 2 aromatic rings. The van der Waals surface area contributed by atoms with Gasteiger partial charge in [-0.15, -0.1) is 0 Å². The molecule has 28 heavy (non-hydrogen) atoms. The molecular formula is C19H21BrN2O5S. The van der Waals surface area contributed by atoms with E-state index in [1.807, 2.05) is 6.07 Å². The number of halogens is 1. The van der Waals surface area contributed by atoms with E-state index < -0.39 is 10.0 Å². The first-order valence-electron chi connectivity index (χ1n) is 8.73. The smallest absolute Gasteiger partial charge is 0.262 e. The molecule has 0 aromatic heterocycles. The molecule has 0 aliphatic carbocycles. The topological polar surface area (TPSA) is 84.9 Å². The number of rotatable bonds is 6. The number of nitrogens with zero attached hydrogens (tertiary/aromatic N) is 1. The van der Waals surface area contributed by atoms with Gasteiger partial charge in [0.15, 0.2) is 6.61 Å². The molecule has 0 spiro atoms. The van der Waals surface area contributed by atoms with Crippen LogP contribution in [0.4, 0.5) is 5.69 Å². The minimum atomic E-state index is -3.65. The summed E-state index contributed by atoms with van der Waals surface area (Å²) in [4.78, 5) is 12.4. The number of ether oxygens (including phenoxy) is 2. The molecule has 1 aliphatic rings. The quantitative estimate of drug-likeness (QED) is 0.704. The van der Waals surface area contributed by atoms with Gasteiger partial charge in [-0.1, -0.05) is 28.1 Å². The second-order valence-corrected chi connectivity index (χ2v) is 9.11. The summed E-state index contributed by atoms with van der Waals surface area (Å²) in [5, 5.41) is 2.69.